The zero-order chi connectivity index (χ0) is 18.0. The molecule has 1 amide bonds. The highest BCUT2D eigenvalue weighted by Crippen LogP contribution is 2.39. The third-order valence-electron chi connectivity index (χ3n) is 4.19. The van der Waals surface area contributed by atoms with Crippen LogP contribution in [0.25, 0.3) is 0 Å². The van der Waals surface area contributed by atoms with Crippen molar-refractivity contribution in [3.05, 3.63) is 32.9 Å². The molecule has 0 unspecified atom stereocenters. The fraction of sp³-hybridized carbons (Fsp3) is 0.471. The lowest BCUT2D eigenvalue weighted by Gasteiger charge is -2.12. The van der Waals surface area contributed by atoms with Crippen molar-refractivity contribution in [2.75, 3.05) is 11.9 Å². The number of halogens is 1. The Bertz CT molecular complexity index is 812. The fourth-order valence-electron chi connectivity index (χ4n) is 3.06. The lowest BCUT2D eigenvalue weighted by atomic mass is 9.95. The van der Waals surface area contributed by atoms with Gasteiger partial charge in [-0.2, -0.15) is 5.10 Å². The Morgan fingerprint density at radius 2 is 2.12 bits per heavy atom. The highest BCUT2D eigenvalue weighted by Gasteiger charge is 2.28. The summed E-state index contributed by atoms with van der Waals surface area (Å²) in [6, 6.07) is 0. The Kier molecular flexibility index (Phi) is 5.44. The third kappa shape index (κ3) is 3.43. The maximum absolute atomic E-state index is 12.7. The van der Waals surface area contributed by atoms with E-state index in [1.807, 2.05) is 6.92 Å². The lowest BCUT2D eigenvalue weighted by Crippen LogP contribution is -2.19. The van der Waals surface area contributed by atoms with Gasteiger partial charge >= 0.3 is 5.97 Å². The molecule has 0 aliphatic heterocycles. The van der Waals surface area contributed by atoms with Crippen LogP contribution in [-0.4, -0.2) is 28.3 Å². The number of amides is 1. The van der Waals surface area contributed by atoms with Crippen molar-refractivity contribution in [2.45, 2.75) is 46.1 Å². The first kappa shape index (κ1) is 17.9. The molecule has 1 N–H and O–H groups in total. The van der Waals surface area contributed by atoms with Crippen molar-refractivity contribution in [2.24, 2.45) is 0 Å². The highest BCUT2D eigenvalue weighted by molar-refractivity contribution is 7.17. The number of anilines is 1. The van der Waals surface area contributed by atoms with Crippen LogP contribution in [-0.2, 0) is 24.1 Å². The van der Waals surface area contributed by atoms with Crippen LogP contribution in [0.15, 0.2) is 6.20 Å². The van der Waals surface area contributed by atoms with Crippen molar-refractivity contribution < 1.29 is 14.3 Å². The van der Waals surface area contributed by atoms with Gasteiger partial charge in [-0.25, -0.2) is 4.79 Å². The molecule has 0 saturated heterocycles. The average molecular weight is 382 g/mol. The van der Waals surface area contributed by atoms with Gasteiger partial charge in [0.05, 0.1) is 23.4 Å². The summed E-state index contributed by atoms with van der Waals surface area (Å²) >= 11 is 7.56. The van der Waals surface area contributed by atoms with Gasteiger partial charge in [0.15, 0.2) is 0 Å². The van der Waals surface area contributed by atoms with Crippen molar-refractivity contribution in [3.63, 3.8) is 0 Å². The number of nitrogens with zero attached hydrogens (tertiary/aromatic N) is 2. The van der Waals surface area contributed by atoms with E-state index in [2.05, 4.69) is 10.4 Å². The molecule has 2 aromatic heterocycles. The zero-order valence-corrected chi connectivity index (χ0v) is 15.8. The molecule has 1 aliphatic rings. The van der Waals surface area contributed by atoms with Crippen molar-refractivity contribution >= 4 is 39.8 Å². The highest BCUT2D eigenvalue weighted by atomic mass is 35.5. The SMILES string of the molecule is CCOC(=O)c1c(NC(=O)c2c(Cl)cnn2CC)sc2c1CCCC2. The number of aromatic nitrogens is 2. The molecule has 2 heterocycles. The van der Waals surface area contributed by atoms with E-state index in [9.17, 15) is 9.59 Å². The Balaban J connectivity index is 1.96. The van der Waals surface area contributed by atoms with E-state index in [0.717, 1.165) is 36.1 Å². The number of carbonyl (C=O) groups excluding carboxylic acids is 2. The number of rotatable bonds is 5. The normalized spacial score (nSPS) is 13.4. The second kappa shape index (κ2) is 7.58. The van der Waals surface area contributed by atoms with E-state index in [0.29, 0.717) is 34.4 Å². The molecule has 134 valence electrons. The summed E-state index contributed by atoms with van der Waals surface area (Å²) in [5.74, 6) is -0.749. The number of hydrogen-bond donors (Lipinski definition) is 1. The van der Waals surface area contributed by atoms with Gasteiger partial charge in [0, 0.05) is 11.4 Å². The molecule has 0 spiro atoms. The first-order valence-corrected chi connectivity index (χ1v) is 9.60. The number of carbonyl (C=O) groups is 2. The van der Waals surface area contributed by atoms with E-state index >= 15 is 0 Å². The summed E-state index contributed by atoms with van der Waals surface area (Å²) < 4.78 is 6.74. The van der Waals surface area contributed by atoms with Crippen molar-refractivity contribution in [3.8, 4) is 0 Å². The summed E-state index contributed by atoms with van der Waals surface area (Å²) in [7, 11) is 0. The van der Waals surface area contributed by atoms with Crippen LogP contribution in [0.2, 0.25) is 5.02 Å². The number of nitrogens with one attached hydrogen (secondary N) is 1. The lowest BCUT2D eigenvalue weighted by molar-refractivity contribution is 0.0526. The molecule has 3 rings (SSSR count). The molecule has 8 heteroatoms. The number of esters is 1. The van der Waals surface area contributed by atoms with Gasteiger partial charge in [-0.15, -0.1) is 11.3 Å². The van der Waals surface area contributed by atoms with Crippen LogP contribution < -0.4 is 5.32 Å². The summed E-state index contributed by atoms with van der Waals surface area (Å²) in [6.07, 6.45) is 5.35. The van der Waals surface area contributed by atoms with Crippen LogP contribution in [0.1, 0.15) is 58.0 Å². The molecular weight excluding hydrogens is 362 g/mol. The summed E-state index contributed by atoms with van der Waals surface area (Å²) in [5, 5.41) is 7.77. The Labute approximate surface area is 155 Å². The maximum atomic E-state index is 12.7. The molecule has 0 radical (unpaired) electrons. The first-order valence-electron chi connectivity index (χ1n) is 8.41. The minimum Gasteiger partial charge on any atom is -0.462 e. The smallest absolute Gasteiger partial charge is 0.341 e. The van der Waals surface area contributed by atoms with Gasteiger partial charge in [-0.05, 0) is 45.1 Å². The Morgan fingerprint density at radius 3 is 2.84 bits per heavy atom. The van der Waals surface area contributed by atoms with Crippen LogP contribution in [0.4, 0.5) is 5.00 Å². The molecule has 25 heavy (non-hydrogen) atoms. The van der Waals surface area contributed by atoms with Gasteiger partial charge < -0.3 is 10.1 Å². The minimum absolute atomic E-state index is 0.290. The van der Waals surface area contributed by atoms with Gasteiger partial charge in [-0.1, -0.05) is 11.6 Å². The van der Waals surface area contributed by atoms with Gasteiger partial charge in [0.2, 0.25) is 0 Å². The molecule has 2 aromatic rings. The minimum atomic E-state index is -0.382. The van der Waals surface area contributed by atoms with Gasteiger partial charge in [-0.3, -0.25) is 9.48 Å². The Hall–Kier alpha value is -1.86. The number of thiophene rings is 1. The molecule has 6 nitrogen and oxygen atoms in total. The van der Waals surface area contributed by atoms with E-state index in [4.69, 9.17) is 16.3 Å². The van der Waals surface area contributed by atoms with E-state index in [1.54, 1.807) is 6.92 Å². The molecule has 0 fully saturated rings. The molecule has 1 aliphatic carbocycles. The van der Waals surface area contributed by atoms with Crippen molar-refractivity contribution in [1.82, 2.24) is 9.78 Å². The van der Waals surface area contributed by atoms with Crippen LogP contribution in [0.5, 0.6) is 0 Å². The van der Waals surface area contributed by atoms with Crippen LogP contribution in [0.3, 0.4) is 0 Å². The molecule has 0 aromatic carbocycles. The zero-order valence-electron chi connectivity index (χ0n) is 14.2. The predicted octanol–water partition coefficient (Wildman–Crippen LogP) is 3.93. The third-order valence-corrected chi connectivity index (χ3v) is 5.67. The van der Waals surface area contributed by atoms with Gasteiger partial charge in [0.1, 0.15) is 10.7 Å². The van der Waals surface area contributed by atoms with Crippen LogP contribution in [0, 0.1) is 0 Å². The van der Waals surface area contributed by atoms with E-state index in [-0.39, 0.29) is 11.9 Å². The quantitative estimate of drug-likeness (QED) is 0.796. The first-order chi connectivity index (χ1) is 12.1. The van der Waals surface area contributed by atoms with Crippen molar-refractivity contribution in [1.29, 1.82) is 0 Å². The number of ether oxygens (including phenoxy) is 1. The molecular formula is C17H20ClN3O3S. The molecule has 0 atom stereocenters. The largest absolute Gasteiger partial charge is 0.462 e. The number of aryl methyl sites for hydroxylation is 2. The number of fused-ring (bicyclic) bond motifs is 1. The fourth-order valence-corrected chi connectivity index (χ4v) is 4.56. The topological polar surface area (TPSA) is 73.2 Å². The summed E-state index contributed by atoms with van der Waals surface area (Å²) in [6.45, 7) is 4.48. The van der Waals surface area contributed by atoms with Gasteiger partial charge in [0.25, 0.3) is 5.91 Å². The number of hydrogen-bond acceptors (Lipinski definition) is 5. The van der Waals surface area contributed by atoms with Crippen LogP contribution >= 0.6 is 22.9 Å². The second-order valence-corrected chi connectivity index (χ2v) is 7.26. The molecule has 0 bridgehead atoms. The average Bonchev–Trinajstić information content (AvgIpc) is 3.14. The maximum Gasteiger partial charge on any atom is 0.341 e. The predicted molar refractivity (Wildman–Crippen MR) is 97.8 cm³/mol. The Morgan fingerprint density at radius 1 is 1.36 bits per heavy atom. The van der Waals surface area contributed by atoms with E-state index in [1.165, 1.54) is 22.2 Å². The second-order valence-electron chi connectivity index (χ2n) is 5.75. The summed E-state index contributed by atoms with van der Waals surface area (Å²) in [4.78, 5) is 26.3. The molecule has 0 saturated carbocycles. The van der Waals surface area contributed by atoms with E-state index < -0.39 is 0 Å². The summed E-state index contributed by atoms with van der Waals surface area (Å²) in [5.41, 5.74) is 1.80. The monoisotopic (exact) mass is 381 g/mol. The standard InChI is InChI=1S/C17H20ClN3O3S/c1-3-21-14(11(18)9-19-21)15(22)20-16-13(17(23)24-4-2)10-7-5-6-8-12(10)25-16/h9H,3-8H2,1-2H3,(H,20,22).